The number of anilines is 4. The van der Waals surface area contributed by atoms with Crippen LogP contribution in [-0.4, -0.2) is 103 Å². The summed E-state index contributed by atoms with van der Waals surface area (Å²) in [5.41, 5.74) is -1.31. The van der Waals surface area contributed by atoms with E-state index in [1.807, 2.05) is 91.0 Å². The van der Waals surface area contributed by atoms with Crippen LogP contribution in [0.15, 0.2) is 65.9 Å². The molecule has 80 heavy (non-hydrogen) atoms. The van der Waals surface area contributed by atoms with Crippen molar-refractivity contribution in [2.75, 3.05) is 24.8 Å². The lowest BCUT2D eigenvalue weighted by Gasteiger charge is -2.32. The average Bonchev–Trinajstić information content (AvgIpc) is 4.16. The zero-order valence-corrected chi connectivity index (χ0v) is 51.3. The molecule has 1 amide bonds. The number of nitrogens with zero attached hydrogens (tertiary/aromatic N) is 7. The number of hydrogen-bond donors (Lipinski definition) is 3. The van der Waals surface area contributed by atoms with E-state index in [1.54, 1.807) is 30.6 Å². The number of aromatic nitrogens is 7. The summed E-state index contributed by atoms with van der Waals surface area (Å²) in [6.07, 6.45) is 4.59. The van der Waals surface area contributed by atoms with Crippen molar-refractivity contribution in [1.82, 2.24) is 39.8 Å². The Morgan fingerprint density at radius 3 is 1.70 bits per heavy atom. The Morgan fingerprint density at radius 2 is 1.24 bits per heavy atom. The number of rotatable bonds is 24. The first kappa shape index (κ1) is 62.7. The van der Waals surface area contributed by atoms with Crippen LogP contribution in [0.5, 0.6) is 5.75 Å². The molecule has 0 saturated carbocycles. The van der Waals surface area contributed by atoms with E-state index in [0.717, 1.165) is 10.9 Å². The lowest BCUT2D eigenvalue weighted by atomic mass is 9.82. The van der Waals surface area contributed by atoms with Crippen LogP contribution in [0.4, 0.5) is 36.3 Å². The fourth-order valence-corrected chi connectivity index (χ4v) is 11.6. The Morgan fingerprint density at radius 1 is 0.750 bits per heavy atom. The van der Waals surface area contributed by atoms with Gasteiger partial charge >= 0.3 is 28.0 Å². The van der Waals surface area contributed by atoms with Gasteiger partial charge in [-0.1, -0.05) is 33.8 Å². The van der Waals surface area contributed by atoms with Crippen LogP contribution in [0.1, 0.15) is 144 Å². The van der Waals surface area contributed by atoms with Crippen molar-refractivity contribution < 1.29 is 54.9 Å². The van der Waals surface area contributed by atoms with Crippen molar-refractivity contribution in [3.63, 3.8) is 0 Å². The second kappa shape index (κ2) is 23.8. The molecular weight excluding hydrogens is 1120 g/mol. The lowest BCUT2D eigenvalue weighted by Crippen LogP contribution is -2.41. The lowest BCUT2D eigenvalue weighted by molar-refractivity contribution is -0.137. The van der Waals surface area contributed by atoms with Crippen molar-refractivity contribution in [3.8, 4) is 5.75 Å². The second-order valence-electron chi connectivity index (χ2n) is 24.5. The number of halogens is 4. The molecular formula is C54H77B2BrF3N10O9P. The molecule has 5 aromatic rings. The van der Waals surface area contributed by atoms with Gasteiger partial charge in [-0.25, -0.2) is 9.97 Å². The van der Waals surface area contributed by atoms with Crippen LogP contribution in [0.25, 0.3) is 0 Å². The Kier molecular flexibility index (Phi) is 18.6. The highest BCUT2D eigenvalue weighted by atomic mass is 79.9. The van der Waals surface area contributed by atoms with Crippen LogP contribution >= 0.6 is 23.5 Å². The predicted molar refractivity (Wildman–Crippen MR) is 306 cm³/mol. The fourth-order valence-electron chi connectivity index (χ4n) is 9.09. The number of benzene rings is 1. The summed E-state index contributed by atoms with van der Waals surface area (Å²) in [6.45, 7) is 29.7. The second-order valence-corrected chi connectivity index (χ2v) is 27.2. The van der Waals surface area contributed by atoms with Crippen LogP contribution in [0, 0.1) is 10.8 Å². The van der Waals surface area contributed by atoms with Crippen molar-refractivity contribution in [1.29, 1.82) is 0 Å². The van der Waals surface area contributed by atoms with E-state index in [-0.39, 0.29) is 40.1 Å². The van der Waals surface area contributed by atoms with Gasteiger partial charge in [0.2, 0.25) is 5.95 Å². The summed E-state index contributed by atoms with van der Waals surface area (Å²) in [4.78, 5) is 24.9. The highest BCUT2D eigenvalue weighted by Crippen LogP contribution is 2.55. The molecule has 2 aliphatic heterocycles. The SMILES string of the molecule is CNC(=O)c1nc(Br)ccc1Nc1nc(Nc2ccc(CP(=O)(OC(C)CCC(C)(C)Cn3cc(B4OC(C)(C)C(C)(C)O4)cn3)OC(C)CCC(C)(C)Cn3cc(B4OC(C)(C)C(C)(C)O4)cn3)cc2OC)ncc1C(F)(F)F. The summed E-state index contributed by atoms with van der Waals surface area (Å²) in [7, 11) is -2.21. The van der Waals surface area contributed by atoms with Crippen molar-refractivity contribution in [2.24, 2.45) is 10.8 Å². The van der Waals surface area contributed by atoms with Gasteiger partial charge in [0.15, 0.2) is 5.69 Å². The van der Waals surface area contributed by atoms with Gasteiger partial charge in [0.05, 0.1) is 59.3 Å². The van der Waals surface area contributed by atoms with Gasteiger partial charge in [0.1, 0.15) is 21.7 Å². The van der Waals surface area contributed by atoms with Crippen LogP contribution in [0.3, 0.4) is 0 Å². The largest absolute Gasteiger partial charge is 0.498 e. The van der Waals surface area contributed by atoms with Gasteiger partial charge in [-0.05, 0) is 152 Å². The molecule has 2 aliphatic rings. The minimum atomic E-state index is -4.86. The molecule has 3 N–H and O–H groups in total. The van der Waals surface area contributed by atoms with Crippen LogP contribution in [-0.2, 0) is 57.7 Å². The maximum absolute atomic E-state index is 15.3. The molecule has 2 unspecified atom stereocenters. The summed E-state index contributed by atoms with van der Waals surface area (Å²) >= 11 is 3.21. The van der Waals surface area contributed by atoms with E-state index >= 15 is 4.57 Å². The number of amides is 1. The summed E-state index contributed by atoms with van der Waals surface area (Å²) in [5.74, 6) is -1.24. The number of alkyl halides is 3. The fraction of sp³-hybridized carbons (Fsp3) is 0.593. The number of pyridine rings is 1. The Labute approximate surface area is 477 Å². The number of methoxy groups -OCH3 is 1. The van der Waals surface area contributed by atoms with E-state index in [9.17, 15) is 18.0 Å². The highest BCUT2D eigenvalue weighted by molar-refractivity contribution is 9.10. The van der Waals surface area contributed by atoms with E-state index in [0.29, 0.717) is 60.8 Å². The van der Waals surface area contributed by atoms with Gasteiger partial charge < -0.3 is 48.4 Å². The molecule has 19 nitrogen and oxygen atoms in total. The maximum Gasteiger partial charge on any atom is 0.498 e. The van der Waals surface area contributed by atoms with Crippen molar-refractivity contribution in [3.05, 3.63) is 82.7 Å². The molecule has 4 aromatic heterocycles. The van der Waals surface area contributed by atoms with E-state index < -0.39 is 79.9 Å². The molecule has 2 fully saturated rings. The number of carbonyl (C=O) groups is 1. The molecule has 0 bridgehead atoms. The molecule has 2 saturated heterocycles. The molecule has 1 aromatic carbocycles. The van der Waals surface area contributed by atoms with Crippen LogP contribution < -0.4 is 31.6 Å². The third kappa shape index (κ3) is 15.4. The molecule has 26 heteroatoms. The number of ether oxygens (including phenoxy) is 1. The first-order valence-electron chi connectivity index (χ1n) is 26.8. The molecule has 436 valence electrons. The number of carbonyl (C=O) groups excluding carboxylic acids is 1. The Balaban J connectivity index is 1.07. The van der Waals surface area contributed by atoms with Crippen molar-refractivity contribution in [2.45, 2.75) is 183 Å². The molecule has 7 rings (SSSR count). The van der Waals surface area contributed by atoms with E-state index in [1.165, 1.54) is 26.3 Å². The molecule has 2 atom stereocenters. The summed E-state index contributed by atoms with van der Waals surface area (Å²) in [6, 6.07) is 7.84. The predicted octanol–water partition coefficient (Wildman–Crippen LogP) is 11.0. The number of nitrogens with one attached hydrogen (secondary N) is 3. The smallest absolute Gasteiger partial charge is 0.495 e. The van der Waals surface area contributed by atoms with Crippen LogP contribution in [0.2, 0.25) is 0 Å². The van der Waals surface area contributed by atoms with E-state index in [4.69, 9.17) is 32.4 Å². The maximum atomic E-state index is 15.3. The molecule has 6 heterocycles. The monoisotopic (exact) mass is 1200 g/mol. The number of hydrogen-bond acceptors (Lipinski definition) is 16. The van der Waals surface area contributed by atoms with Gasteiger partial charge in [-0.15, -0.1) is 0 Å². The average molecular weight is 1200 g/mol. The minimum absolute atomic E-state index is 0.0281. The van der Waals surface area contributed by atoms with Gasteiger partial charge in [-0.3, -0.25) is 18.7 Å². The Hall–Kier alpha value is -4.87. The Bertz CT molecular complexity index is 2910. The summed E-state index contributed by atoms with van der Waals surface area (Å²) in [5, 5.41) is 17.3. The normalized spacial score (nSPS) is 18.4. The molecule has 0 spiro atoms. The topological polar surface area (TPSA) is 209 Å². The van der Waals surface area contributed by atoms with Gasteiger partial charge in [0.25, 0.3) is 5.91 Å². The van der Waals surface area contributed by atoms with E-state index in [2.05, 4.69) is 84.7 Å². The van der Waals surface area contributed by atoms with Gasteiger partial charge in [0, 0.05) is 62.0 Å². The third-order valence-corrected chi connectivity index (χ3v) is 17.8. The third-order valence-electron chi connectivity index (χ3n) is 15.2. The standard InChI is InChI=1S/C54H77B2BrF3N10O9P/c1-34(21-23-48(3,4)32-69-29-37(26-63-69)55-76-50(7,8)51(9,10)77-55)74-80(72,75-35(2)22-24-49(5,6)33-70-30-38(27-64-70)56-78-52(11,12)53(13,14)79-56)31-36-17-18-40(42(25-36)73-16)66-47-62-28-39(54(58,59)60)45(68-47)65-41-19-20-43(57)67-44(41)46(71)61-15/h17-20,25-30,34-35H,21-24,31-33H2,1-16H3,(H,61,71)(H2,62,65,66,68). The first-order chi connectivity index (χ1) is 37.0. The van der Waals surface area contributed by atoms with Crippen molar-refractivity contribution >= 4 is 77.7 Å². The quantitative estimate of drug-likeness (QED) is 0.0298. The molecule has 0 aliphatic carbocycles. The first-order valence-corrected chi connectivity index (χ1v) is 29.3. The zero-order valence-electron chi connectivity index (χ0n) is 48.8. The summed E-state index contributed by atoms with van der Waals surface area (Å²) < 4.78 is 106. The minimum Gasteiger partial charge on any atom is -0.495 e. The zero-order chi connectivity index (χ0) is 59.0. The highest BCUT2D eigenvalue weighted by Gasteiger charge is 2.53. The molecule has 0 radical (unpaired) electrons. The van der Waals surface area contributed by atoms with Gasteiger partial charge in [-0.2, -0.15) is 28.4 Å².